The summed E-state index contributed by atoms with van der Waals surface area (Å²) in [5.41, 5.74) is 3.43. The lowest BCUT2D eigenvalue weighted by Crippen LogP contribution is -2.26. The molecule has 40 heavy (non-hydrogen) atoms. The van der Waals surface area contributed by atoms with Crippen LogP contribution in [0.3, 0.4) is 0 Å². The molecule has 4 rings (SSSR count). The molecule has 0 spiro atoms. The number of nitrogens with one attached hydrogen (secondary N) is 1. The largest absolute Gasteiger partial charge is 0.496 e. The number of methoxy groups -OCH3 is 5. The summed E-state index contributed by atoms with van der Waals surface area (Å²) in [6, 6.07) is 8.26. The fourth-order valence-electron chi connectivity index (χ4n) is 3.90. The van der Waals surface area contributed by atoms with Crippen molar-refractivity contribution < 1.29 is 37.6 Å². The average molecular weight is 569 g/mol. The highest BCUT2D eigenvalue weighted by Crippen LogP contribution is 2.44. The molecular formula is C28H28N2O9S. The van der Waals surface area contributed by atoms with Crippen LogP contribution in [-0.2, 0) is 4.79 Å². The summed E-state index contributed by atoms with van der Waals surface area (Å²) >= 11 is 1.49. The smallest absolute Gasteiger partial charge is 0.277 e. The van der Waals surface area contributed by atoms with E-state index in [0.29, 0.717) is 28.6 Å². The van der Waals surface area contributed by atoms with Crippen LogP contribution in [0.2, 0.25) is 0 Å². The number of benzene rings is 2. The van der Waals surface area contributed by atoms with Crippen molar-refractivity contribution >= 4 is 34.4 Å². The molecule has 11 nitrogen and oxygen atoms in total. The van der Waals surface area contributed by atoms with E-state index in [9.17, 15) is 9.59 Å². The highest BCUT2D eigenvalue weighted by Gasteiger charge is 2.24. The number of carbonyl (C=O) groups is 1. The summed E-state index contributed by atoms with van der Waals surface area (Å²) in [6.45, 7) is 1.42. The third kappa shape index (κ3) is 5.66. The molecule has 0 aliphatic heterocycles. The first-order valence-corrected chi connectivity index (χ1v) is 12.7. The second kappa shape index (κ2) is 12.4. The Morgan fingerprint density at radius 2 is 1.65 bits per heavy atom. The number of nitrogens with zero attached hydrogens (tertiary/aromatic N) is 1. The monoisotopic (exact) mass is 568 g/mol. The number of hydrogen-bond acceptors (Lipinski definition) is 11. The lowest BCUT2D eigenvalue weighted by molar-refractivity contribution is -0.123. The van der Waals surface area contributed by atoms with Gasteiger partial charge in [-0.05, 0) is 36.1 Å². The molecule has 0 saturated carbocycles. The molecule has 2 heterocycles. The molecule has 1 N–H and O–H groups in total. The summed E-state index contributed by atoms with van der Waals surface area (Å²) in [7, 11) is 7.31. The highest BCUT2D eigenvalue weighted by atomic mass is 32.1. The molecule has 210 valence electrons. The van der Waals surface area contributed by atoms with Crippen molar-refractivity contribution in [3.63, 3.8) is 0 Å². The minimum Gasteiger partial charge on any atom is -0.496 e. The van der Waals surface area contributed by atoms with E-state index in [1.165, 1.54) is 46.9 Å². The van der Waals surface area contributed by atoms with Gasteiger partial charge in [0, 0.05) is 22.6 Å². The van der Waals surface area contributed by atoms with Crippen molar-refractivity contribution in [2.24, 2.45) is 5.10 Å². The van der Waals surface area contributed by atoms with Crippen LogP contribution in [0, 0.1) is 6.92 Å². The zero-order chi connectivity index (χ0) is 28.8. The van der Waals surface area contributed by atoms with Crippen LogP contribution in [0.5, 0.6) is 34.5 Å². The fraction of sp³-hybridized carbons (Fsp3) is 0.250. The van der Waals surface area contributed by atoms with Crippen LogP contribution in [-0.4, -0.2) is 54.3 Å². The molecular weight excluding hydrogens is 540 g/mol. The predicted octanol–water partition coefficient (Wildman–Crippen LogP) is 4.40. The first-order chi connectivity index (χ1) is 19.3. The van der Waals surface area contributed by atoms with Crippen LogP contribution < -0.4 is 39.3 Å². The van der Waals surface area contributed by atoms with Crippen molar-refractivity contribution in [3.05, 3.63) is 56.4 Å². The summed E-state index contributed by atoms with van der Waals surface area (Å²) in [4.78, 5) is 27.3. The molecule has 2 aromatic heterocycles. The fourth-order valence-corrected chi connectivity index (χ4v) is 4.69. The Morgan fingerprint density at radius 1 is 0.950 bits per heavy atom. The van der Waals surface area contributed by atoms with Crippen molar-refractivity contribution in [1.29, 1.82) is 0 Å². The first-order valence-electron chi connectivity index (χ1n) is 11.9. The van der Waals surface area contributed by atoms with Gasteiger partial charge in [-0.15, -0.1) is 11.3 Å². The van der Waals surface area contributed by atoms with E-state index in [0.717, 1.165) is 10.4 Å². The number of hydrazone groups is 1. The van der Waals surface area contributed by atoms with Gasteiger partial charge in [0.2, 0.25) is 16.9 Å². The number of rotatable bonds is 11. The van der Waals surface area contributed by atoms with Gasteiger partial charge in [0.25, 0.3) is 5.91 Å². The van der Waals surface area contributed by atoms with E-state index in [1.54, 1.807) is 30.5 Å². The molecule has 0 unspecified atom stereocenters. The SMILES string of the molecule is COc1cc(OC)c2c(=O)c(OCC(=O)N/N=C/c3sccc3C)c(-c3cc(OC)c(OC)c(OC)c3)oc2c1. The first kappa shape index (κ1) is 28.3. The molecule has 0 fully saturated rings. The second-order valence-corrected chi connectivity index (χ2v) is 9.20. The van der Waals surface area contributed by atoms with Crippen molar-refractivity contribution in [3.8, 4) is 45.8 Å². The highest BCUT2D eigenvalue weighted by molar-refractivity contribution is 7.11. The molecule has 0 radical (unpaired) electrons. The number of thiophene rings is 1. The Kier molecular flexibility index (Phi) is 8.80. The standard InChI is InChI=1S/C28H28N2O9S/c1-15-7-8-40-22(15)13-29-30-23(31)14-38-28-25(32)24-18(34-3)11-17(33-2)12-19(24)39-26(28)16-9-20(35-4)27(37-6)21(10-16)36-5/h7-13H,14H2,1-6H3,(H,30,31)/b29-13+. The van der Waals surface area contributed by atoms with Gasteiger partial charge < -0.3 is 32.8 Å². The summed E-state index contributed by atoms with van der Waals surface area (Å²) in [6.07, 6.45) is 1.54. The lowest BCUT2D eigenvalue weighted by Gasteiger charge is -2.16. The Hall–Kier alpha value is -4.71. The summed E-state index contributed by atoms with van der Waals surface area (Å²) in [5, 5.41) is 6.01. The topological polar surface area (TPSA) is 127 Å². The zero-order valence-electron chi connectivity index (χ0n) is 22.8. The van der Waals surface area contributed by atoms with Gasteiger partial charge in [0.05, 0.1) is 41.8 Å². The van der Waals surface area contributed by atoms with E-state index in [-0.39, 0.29) is 28.2 Å². The summed E-state index contributed by atoms with van der Waals surface area (Å²) in [5.74, 6) is 0.842. The number of aryl methyl sites for hydroxylation is 1. The molecule has 4 aromatic rings. The lowest BCUT2D eigenvalue weighted by atomic mass is 10.1. The van der Waals surface area contributed by atoms with Crippen LogP contribution >= 0.6 is 11.3 Å². The van der Waals surface area contributed by atoms with Gasteiger partial charge in [-0.1, -0.05) is 0 Å². The molecule has 0 bridgehead atoms. The minimum atomic E-state index is -0.581. The van der Waals surface area contributed by atoms with Crippen LogP contribution in [0.15, 0.2) is 50.0 Å². The quantitative estimate of drug-likeness (QED) is 0.207. The normalized spacial score (nSPS) is 10.9. The van der Waals surface area contributed by atoms with Crippen molar-refractivity contribution in [2.75, 3.05) is 42.2 Å². The van der Waals surface area contributed by atoms with Gasteiger partial charge in [0.15, 0.2) is 23.9 Å². The molecule has 0 atom stereocenters. The Labute approximate surface area is 233 Å². The molecule has 0 saturated heterocycles. The van der Waals surface area contributed by atoms with Crippen LogP contribution in [0.1, 0.15) is 10.4 Å². The second-order valence-electron chi connectivity index (χ2n) is 8.26. The Bertz CT molecular complexity index is 1600. The van der Waals surface area contributed by atoms with Crippen LogP contribution in [0.25, 0.3) is 22.3 Å². The molecule has 1 amide bonds. The third-order valence-electron chi connectivity index (χ3n) is 5.89. The average Bonchev–Trinajstić information content (AvgIpc) is 3.38. The van der Waals surface area contributed by atoms with Crippen molar-refractivity contribution in [2.45, 2.75) is 6.92 Å². The van der Waals surface area contributed by atoms with E-state index < -0.39 is 17.9 Å². The number of hydrogen-bond donors (Lipinski definition) is 1. The van der Waals surface area contributed by atoms with Crippen molar-refractivity contribution in [1.82, 2.24) is 5.43 Å². The maximum absolute atomic E-state index is 13.8. The molecule has 0 aliphatic carbocycles. The van der Waals surface area contributed by atoms with Gasteiger partial charge in [-0.25, -0.2) is 5.43 Å². The van der Waals surface area contributed by atoms with E-state index in [1.807, 2.05) is 18.4 Å². The maximum Gasteiger partial charge on any atom is 0.277 e. The zero-order valence-corrected chi connectivity index (χ0v) is 23.6. The molecule has 2 aromatic carbocycles. The molecule has 12 heteroatoms. The van der Waals surface area contributed by atoms with E-state index in [4.69, 9.17) is 32.8 Å². The summed E-state index contributed by atoms with van der Waals surface area (Å²) < 4.78 is 39.1. The minimum absolute atomic E-state index is 0.0255. The number of ether oxygens (including phenoxy) is 6. The van der Waals surface area contributed by atoms with Gasteiger partial charge >= 0.3 is 0 Å². The van der Waals surface area contributed by atoms with Gasteiger partial charge in [-0.2, -0.15) is 5.10 Å². The Morgan fingerprint density at radius 3 is 2.23 bits per heavy atom. The third-order valence-corrected chi connectivity index (χ3v) is 6.85. The Balaban J connectivity index is 1.80. The van der Waals surface area contributed by atoms with E-state index >= 15 is 0 Å². The number of fused-ring (bicyclic) bond motifs is 1. The number of carbonyl (C=O) groups excluding carboxylic acids is 1. The maximum atomic E-state index is 13.8. The van der Waals surface area contributed by atoms with Crippen LogP contribution in [0.4, 0.5) is 0 Å². The number of amides is 1. The van der Waals surface area contributed by atoms with Gasteiger partial charge in [-0.3, -0.25) is 9.59 Å². The van der Waals surface area contributed by atoms with Gasteiger partial charge in [0.1, 0.15) is 22.5 Å². The predicted molar refractivity (Wildman–Crippen MR) is 151 cm³/mol. The van der Waals surface area contributed by atoms with E-state index in [2.05, 4.69) is 10.5 Å². The molecule has 0 aliphatic rings.